The molecule has 6 rings (SSSR count). The van der Waals surface area contributed by atoms with Gasteiger partial charge in [0.05, 0.1) is 32.4 Å². The lowest BCUT2D eigenvalue weighted by molar-refractivity contribution is -0.0593. The van der Waals surface area contributed by atoms with Crippen molar-refractivity contribution >= 4 is 12.2 Å². The van der Waals surface area contributed by atoms with Gasteiger partial charge in [-0.25, -0.2) is 9.59 Å². The molecule has 2 heterocycles. The molecule has 2 saturated carbocycles. The molecule has 2 fully saturated rings. The van der Waals surface area contributed by atoms with Gasteiger partial charge in [-0.05, 0) is 120 Å². The zero-order valence-electron chi connectivity index (χ0n) is 28.3. The predicted octanol–water partition coefficient (Wildman–Crippen LogP) is 7.58. The fraction of sp³-hybridized carbons (Fsp3) is 0.611. The highest BCUT2D eigenvalue weighted by Gasteiger charge is 2.43. The Morgan fingerprint density at radius 2 is 1.28 bits per heavy atom. The van der Waals surface area contributed by atoms with Crippen molar-refractivity contribution in [2.45, 2.75) is 104 Å². The number of hydrogen-bond donors (Lipinski definition) is 1. The van der Waals surface area contributed by atoms with Gasteiger partial charge in [0.2, 0.25) is 0 Å². The molecule has 4 aliphatic rings. The maximum Gasteiger partial charge on any atom is 0.410 e. The van der Waals surface area contributed by atoms with E-state index in [0.717, 1.165) is 41.2 Å². The summed E-state index contributed by atoms with van der Waals surface area (Å²) in [6, 6.07) is 10.4. The highest BCUT2D eigenvalue weighted by Crippen LogP contribution is 2.40. The largest absolute Gasteiger partial charge is 0.493 e. The minimum atomic E-state index is -3.12. The van der Waals surface area contributed by atoms with Crippen molar-refractivity contribution in [2.75, 3.05) is 26.3 Å². The predicted molar refractivity (Wildman–Crippen MR) is 171 cm³/mol. The molecule has 1 N–H and O–H groups in total. The SMILES string of the molecule is CC(C)(C)OC(=O)N1Cc2ccc(OCC3CC3)cc2C(F)(F)C1.CC(C)(C)OC(=O)N1Cc2ccc(OCC3CC3)cc2C(O)C1. The molecule has 11 heteroatoms. The van der Waals surface area contributed by atoms with Crippen LogP contribution in [-0.4, -0.2) is 64.6 Å². The normalized spacial score (nSPS) is 20.2. The number of aliphatic hydroxyl groups excluding tert-OH is 1. The molecule has 2 amide bonds. The number of carbonyl (C=O) groups is 2. The smallest absolute Gasteiger partial charge is 0.410 e. The van der Waals surface area contributed by atoms with Crippen molar-refractivity contribution in [1.82, 2.24) is 9.80 Å². The molecule has 2 aromatic carbocycles. The Kier molecular flexibility index (Phi) is 9.97. The Morgan fingerprint density at radius 1 is 0.787 bits per heavy atom. The Hall–Kier alpha value is -3.60. The van der Waals surface area contributed by atoms with Crippen LogP contribution in [0.1, 0.15) is 95.6 Å². The third-order valence-corrected chi connectivity index (χ3v) is 8.13. The highest BCUT2D eigenvalue weighted by atomic mass is 19.3. The number of hydrogen-bond acceptors (Lipinski definition) is 7. The topological polar surface area (TPSA) is 97.8 Å². The van der Waals surface area contributed by atoms with E-state index < -0.39 is 42.0 Å². The van der Waals surface area contributed by atoms with E-state index in [9.17, 15) is 23.5 Å². The van der Waals surface area contributed by atoms with Crippen molar-refractivity contribution in [2.24, 2.45) is 11.8 Å². The number of β-amino-alcohol motifs (C(OH)–C–C–N with tert-alkyl or cyclic N) is 1. The number of benzene rings is 2. The fourth-order valence-electron chi connectivity index (χ4n) is 5.32. The summed E-state index contributed by atoms with van der Waals surface area (Å²) >= 11 is 0. The summed E-state index contributed by atoms with van der Waals surface area (Å²) in [5.74, 6) is -0.613. The monoisotopic (exact) mass is 658 g/mol. The number of aliphatic hydroxyl groups is 1. The molecule has 1 unspecified atom stereocenters. The molecule has 0 saturated heterocycles. The van der Waals surface area contributed by atoms with Gasteiger partial charge in [0, 0.05) is 18.7 Å². The van der Waals surface area contributed by atoms with E-state index in [1.54, 1.807) is 37.8 Å². The van der Waals surface area contributed by atoms with Crippen molar-refractivity contribution in [3.63, 3.8) is 0 Å². The molecule has 47 heavy (non-hydrogen) atoms. The molecule has 1 atom stereocenters. The van der Waals surface area contributed by atoms with Crippen LogP contribution in [0.3, 0.4) is 0 Å². The van der Waals surface area contributed by atoms with E-state index in [0.29, 0.717) is 36.3 Å². The summed E-state index contributed by atoms with van der Waals surface area (Å²) in [5, 5.41) is 10.4. The van der Waals surface area contributed by atoms with E-state index in [-0.39, 0.29) is 18.7 Å². The quantitative estimate of drug-likeness (QED) is 0.342. The maximum atomic E-state index is 14.5. The molecule has 2 aromatic rings. The van der Waals surface area contributed by atoms with E-state index in [1.807, 2.05) is 39.0 Å². The van der Waals surface area contributed by atoms with Gasteiger partial charge in [0.15, 0.2) is 0 Å². The number of halogens is 2. The Balaban J connectivity index is 0.000000185. The van der Waals surface area contributed by atoms with Crippen molar-refractivity contribution in [3.8, 4) is 11.5 Å². The van der Waals surface area contributed by atoms with Crippen LogP contribution in [0.15, 0.2) is 36.4 Å². The average Bonchev–Trinajstić information content (AvgIpc) is 3.89. The molecule has 0 aromatic heterocycles. The second kappa shape index (κ2) is 13.5. The van der Waals surface area contributed by atoms with Crippen molar-refractivity contribution in [1.29, 1.82) is 0 Å². The van der Waals surface area contributed by atoms with Crippen LogP contribution >= 0.6 is 0 Å². The molecule has 2 aliphatic carbocycles. The van der Waals surface area contributed by atoms with Crippen molar-refractivity contribution in [3.05, 3.63) is 58.7 Å². The summed E-state index contributed by atoms with van der Waals surface area (Å²) in [6.45, 7) is 12.1. The average molecular weight is 659 g/mol. The lowest BCUT2D eigenvalue weighted by atomic mass is 9.96. The van der Waals surface area contributed by atoms with Gasteiger partial charge in [-0.15, -0.1) is 0 Å². The Bertz CT molecular complexity index is 1440. The summed E-state index contributed by atoms with van der Waals surface area (Å²) in [5.41, 5.74) is 0.897. The molecular formula is C36H48F2N2O7. The number of rotatable bonds is 6. The number of nitrogens with zero attached hydrogens (tertiary/aromatic N) is 2. The third-order valence-electron chi connectivity index (χ3n) is 8.13. The number of carbonyl (C=O) groups excluding carboxylic acids is 2. The van der Waals surface area contributed by atoms with Gasteiger partial charge in [0.25, 0.3) is 5.92 Å². The Labute approximate surface area is 276 Å². The highest BCUT2D eigenvalue weighted by molar-refractivity contribution is 5.69. The lowest BCUT2D eigenvalue weighted by Crippen LogP contribution is -2.45. The Morgan fingerprint density at radius 3 is 1.81 bits per heavy atom. The number of amides is 2. The molecule has 0 bridgehead atoms. The first-order valence-corrected chi connectivity index (χ1v) is 16.5. The minimum Gasteiger partial charge on any atom is -0.493 e. The van der Waals surface area contributed by atoms with Gasteiger partial charge < -0.3 is 29.0 Å². The first kappa shape index (κ1) is 34.7. The number of alkyl halides is 2. The standard InChI is InChI=1S/C18H23F2NO3.C18H25NO4/c1-17(2,3)24-16(22)21-9-13-6-7-14(23-10-12-4-5-12)8-15(13)18(19,20)11-21;1-18(2,3)23-17(21)19-9-13-6-7-14(22-11-12-4-5-12)8-15(13)16(20)10-19/h6-8,12H,4-5,9-11H2,1-3H3;6-8,12,16,20H,4-5,9-11H2,1-3H3. The first-order valence-electron chi connectivity index (χ1n) is 16.5. The minimum absolute atomic E-state index is 0.0596. The molecule has 9 nitrogen and oxygen atoms in total. The van der Waals surface area contributed by atoms with Gasteiger partial charge in [-0.3, -0.25) is 4.90 Å². The van der Waals surface area contributed by atoms with Gasteiger partial charge in [0.1, 0.15) is 22.7 Å². The first-order chi connectivity index (χ1) is 22.0. The van der Waals surface area contributed by atoms with E-state index in [4.69, 9.17) is 18.9 Å². The van der Waals surface area contributed by atoms with Crippen LogP contribution in [0.5, 0.6) is 11.5 Å². The van der Waals surface area contributed by atoms with Crippen LogP contribution in [0, 0.1) is 11.8 Å². The van der Waals surface area contributed by atoms with Crippen LogP contribution in [0.2, 0.25) is 0 Å². The third kappa shape index (κ3) is 9.95. The van der Waals surface area contributed by atoms with Crippen LogP contribution in [-0.2, 0) is 28.5 Å². The van der Waals surface area contributed by atoms with E-state index in [1.165, 1.54) is 18.9 Å². The molecular weight excluding hydrogens is 610 g/mol. The van der Waals surface area contributed by atoms with Crippen LogP contribution in [0.25, 0.3) is 0 Å². The summed E-state index contributed by atoms with van der Waals surface area (Å²) < 4.78 is 51.0. The second-order valence-corrected chi connectivity index (χ2v) is 15.1. The second-order valence-electron chi connectivity index (χ2n) is 15.1. The zero-order chi connectivity index (χ0) is 34.1. The van der Waals surface area contributed by atoms with E-state index in [2.05, 4.69) is 0 Å². The summed E-state index contributed by atoms with van der Waals surface area (Å²) in [7, 11) is 0. The zero-order valence-corrected chi connectivity index (χ0v) is 28.3. The van der Waals surface area contributed by atoms with Gasteiger partial charge in [-0.2, -0.15) is 8.78 Å². The molecule has 2 aliphatic heterocycles. The number of fused-ring (bicyclic) bond motifs is 2. The molecule has 0 radical (unpaired) electrons. The summed E-state index contributed by atoms with van der Waals surface area (Å²) in [4.78, 5) is 26.9. The van der Waals surface area contributed by atoms with Gasteiger partial charge in [-0.1, -0.05) is 12.1 Å². The number of ether oxygens (including phenoxy) is 4. The van der Waals surface area contributed by atoms with E-state index >= 15 is 0 Å². The van der Waals surface area contributed by atoms with Crippen molar-refractivity contribution < 1.29 is 42.4 Å². The lowest BCUT2D eigenvalue weighted by Gasteiger charge is -2.35. The van der Waals surface area contributed by atoms with Crippen LogP contribution < -0.4 is 9.47 Å². The fourth-order valence-corrected chi connectivity index (χ4v) is 5.32. The van der Waals surface area contributed by atoms with Crippen LogP contribution in [0.4, 0.5) is 18.4 Å². The van der Waals surface area contributed by atoms with Gasteiger partial charge >= 0.3 is 12.2 Å². The molecule has 0 spiro atoms. The maximum absolute atomic E-state index is 14.5. The molecule has 258 valence electrons. The summed E-state index contributed by atoms with van der Waals surface area (Å²) in [6.07, 6.45) is 2.96.